The number of hydrogen-bond acceptors (Lipinski definition) is 6. The van der Waals surface area contributed by atoms with Crippen LogP contribution in [0.4, 0.5) is 10.1 Å². The smallest absolute Gasteiger partial charge is 0.197 e. The molecule has 0 unspecified atom stereocenters. The van der Waals surface area contributed by atoms with Crippen LogP contribution >= 0.6 is 0 Å². The highest BCUT2D eigenvalue weighted by Gasteiger charge is 2.40. The van der Waals surface area contributed by atoms with Gasteiger partial charge in [-0.3, -0.25) is 0 Å². The first-order valence-electron chi connectivity index (χ1n) is 9.01. The van der Waals surface area contributed by atoms with Crippen molar-refractivity contribution in [2.24, 2.45) is 0 Å². The standard InChI is InChI=1S/C20H18FN5O/c21-17-3-2-12(6-18(17)26-10-14(27)11-26)15-7-16(15)13-8-24-20(25-9-13)19-22-4-1-5-23-19/h1-6,8-9,14-16,27H,7,10-11H2/t15-,16+/m0/s1. The zero-order valence-corrected chi connectivity index (χ0v) is 14.5. The molecular weight excluding hydrogens is 345 g/mol. The molecular formula is C20H18FN5O. The molecule has 1 saturated carbocycles. The molecule has 1 aromatic carbocycles. The Hall–Kier alpha value is -2.93. The molecule has 3 heterocycles. The van der Waals surface area contributed by atoms with Gasteiger partial charge in [-0.15, -0.1) is 0 Å². The molecule has 2 aliphatic rings. The predicted octanol–water partition coefficient (Wildman–Crippen LogP) is 2.52. The number of anilines is 1. The van der Waals surface area contributed by atoms with E-state index in [1.807, 2.05) is 29.4 Å². The lowest BCUT2D eigenvalue weighted by atomic mass is 10.0. The molecule has 1 saturated heterocycles. The van der Waals surface area contributed by atoms with Crippen LogP contribution in [0, 0.1) is 5.82 Å². The molecule has 0 radical (unpaired) electrons. The molecule has 1 N–H and O–H groups in total. The first kappa shape index (κ1) is 16.3. The Labute approximate surface area is 155 Å². The van der Waals surface area contributed by atoms with Crippen molar-refractivity contribution < 1.29 is 9.50 Å². The van der Waals surface area contributed by atoms with Gasteiger partial charge in [0.25, 0.3) is 0 Å². The maximum absolute atomic E-state index is 14.1. The molecule has 27 heavy (non-hydrogen) atoms. The molecule has 3 aromatic rings. The molecule has 0 amide bonds. The van der Waals surface area contributed by atoms with Gasteiger partial charge in [-0.1, -0.05) is 6.07 Å². The fraction of sp³-hybridized carbons (Fsp3) is 0.300. The SMILES string of the molecule is OC1CN(c2cc([C@@H]3C[C@@H]3c3cnc(-c4ncccn4)nc3)ccc2F)C1. The molecule has 1 aliphatic carbocycles. The Morgan fingerprint density at radius 2 is 1.59 bits per heavy atom. The topological polar surface area (TPSA) is 75.0 Å². The quantitative estimate of drug-likeness (QED) is 0.768. The number of benzene rings is 1. The molecule has 0 spiro atoms. The van der Waals surface area contributed by atoms with Crippen molar-refractivity contribution in [1.82, 2.24) is 19.9 Å². The summed E-state index contributed by atoms with van der Waals surface area (Å²) in [6, 6.07) is 7.05. The van der Waals surface area contributed by atoms with Crippen LogP contribution in [0.15, 0.2) is 49.1 Å². The highest BCUT2D eigenvalue weighted by atomic mass is 19.1. The van der Waals surface area contributed by atoms with Crippen LogP contribution in [0.3, 0.4) is 0 Å². The summed E-state index contributed by atoms with van der Waals surface area (Å²) in [6.45, 7) is 0.983. The number of rotatable bonds is 4. The Morgan fingerprint density at radius 1 is 0.926 bits per heavy atom. The molecule has 2 fully saturated rings. The molecule has 136 valence electrons. The van der Waals surface area contributed by atoms with Gasteiger partial charge in [0.05, 0.1) is 11.8 Å². The summed E-state index contributed by atoms with van der Waals surface area (Å²) >= 11 is 0. The minimum Gasteiger partial charge on any atom is -0.389 e. The van der Waals surface area contributed by atoms with Crippen LogP contribution in [-0.4, -0.2) is 44.2 Å². The lowest BCUT2D eigenvalue weighted by molar-refractivity contribution is 0.141. The summed E-state index contributed by atoms with van der Waals surface area (Å²) in [6.07, 6.45) is 7.64. The van der Waals surface area contributed by atoms with E-state index < -0.39 is 0 Å². The second-order valence-corrected chi connectivity index (χ2v) is 7.13. The second kappa shape index (κ2) is 6.35. The van der Waals surface area contributed by atoms with E-state index in [1.165, 1.54) is 6.07 Å². The van der Waals surface area contributed by atoms with E-state index in [9.17, 15) is 9.50 Å². The third-order valence-electron chi connectivity index (χ3n) is 5.26. The number of aliphatic hydroxyl groups excluding tert-OH is 1. The van der Waals surface area contributed by atoms with Crippen molar-refractivity contribution in [1.29, 1.82) is 0 Å². The number of aromatic nitrogens is 4. The highest BCUT2D eigenvalue weighted by Crippen LogP contribution is 2.55. The molecule has 1 aliphatic heterocycles. The van der Waals surface area contributed by atoms with Gasteiger partial charge in [-0.05, 0) is 47.6 Å². The maximum Gasteiger partial charge on any atom is 0.197 e. The normalized spacial score (nSPS) is 21.8. The summed E-state index contributed by atoms with van der Waals surface area (Å²) in [5.41, 5.74) is 2.77. The molecule has 6 nitrogen and oxygen atoms in total. The van der Waals surface area contributed by atoms with Crippen LogP contribution in [0.1, 0.15) is 29.4 Å². The number of hydrogen-bond donors (Lipinski definition) is 1. The lowest BCUT2D eigenvalue weighted by Crippen LogP contribution is -2.51. The first-order valence-corrected chi connectivity index (χ1v) is 9.01. The van der Waals surface area contributed by atoms with Gasteiger partial charge >= 0.3 is 0 Å². The number of aliphatic hydroxyl groups is 1. The van der Waals surface area contributed by atoms with Gasteiger partial charge in [0.1, 0.15) is 5.82 Å². The van der Waals surface area contributed by atoms with Crippen LogP contribution in [-0.2, 0) is 0 Å². The summed E-state index contributed by atoms with van der Waals surface area (Å²) in [7, 11) is 0. The van der Waals surface area contributed by atoms with Crippen LogP contribution in [0.5, 0.6) is 0 Å². The number of β-amino-alcohol motifs (C(OH)–C–C–N with tert-alkyl or cyclic N) is 1. The summed E-state index contributed by atoms with van der Waals surface area (Å²) in [5, 5.41) is 9.47. The van der Waals surface area contributed by atoms with Gasteiger partial charge in [0.2, 0.25) is 0 Å². The molecule has 0 bridgehead atoms. The van der Waals surface area contributed by atoms with Crippen molar-refractivity contribution in [3.63, 3.8) is 0 Å². The largest absolute Gasteiger partial charge is 0.389 e. The van der Waals surface area contributed by atoms with Gasteiger partial charge in [-0.2, -0.15) is 0 Å². The summed E-state index contributed by atoms with van der Waals surface area (Å²) in [4.78, 5) is 19.0. The monoisotopic (exact) mass is 363 g/mol. The molecule has 7 heteroatoms. The maximum atomic E-state index is 14.1. The van der Waals surface area contributed by atoms with Crippen molar-refractivity contribution in [3.05, 3.63) is 66.0 Å². The van der Waals surface area contributed by atoms with Crippen LogP contribution in [0.25, 0.3) is 11.6 Å². The van der Waals surface area contributed by atoms with Gasteiger partial charge in [-0.25, -0.2) is 24.3 Å². The van der Waals surface area contributed by atoms with Crippen LogP contribution < -0.4 is 4.90 Å². The highest BCUT2D eigenvalue weighted by molar-refractivity contribution is 5.54. The van der Waals surface area contributed by atoms with E-state index >= 15 is 0 Å². The van der Waals surface area contributed by atoms with Gasteiger partial charge in [0.15, 0.2) is 11.6 Å². The summed E-state index contributed by atoms with van der Waals surface area (Å²) < 4.78 is 14.1. The zero-order chi connectivity index (χ0) is 18.4. The zero-order valence-electron chi connectivity index (χ0n) is 14.5. The van der Waals surface area contributed by atoms with Gasteiger partial charge in [0, 0.05) is 37.9 Å². The van der Waals surface area contributed by atoms with Crippen molar-refractivity contribution in [2.45, 2.75) is 24.4 Å². The number of halogens is 1. The van der Waals surface area contributed by atoms with Crippen molar-refractivity contribution >= 4 is 5.69 Å². The van der Waals surface area contributed by atoms with Crippen LogP contribution in [0.2, 0.25) is 0 Å². The van der Waals surface area contributed by atoms with Gasteiger partial charge < -0.3 is 10.0 Å². The Kier molecular flexibility index (Phi) is 3.82. The third-order valence-corrected chi connectivity index (χ3v) is 5.26. The molecule has 2 atom stereocenters. The fourth-order valence-corrected chi connectivity index (χ4v) is 3.65. The fourth-order valence-electron chi connectivity index (χ4n) is 3.65. The average molecular weight is 363 g/mol. The first-order chi connectivity index (χ1) is 13.2. The number of nitrogens with zero attached hydrogens (tertiary/aromatic N) is 5. The van der Waals surface area contributed by atoms with E-state index in [0.29, 0.717) is 42.3 Å². The Bertz CT molecular complexity index is 960. The van der Waals surface area contributed by atoms with E-state index in [1.54, 1.807) is 18.5 Å². The minimum absolute atomic E-state index is 0.238. The summed E-state index contributed by atoms with van der Waals surface area (Å²) in [5.74, 6) is 1.47. The average Bonchev–Trinajstić information content (AvgIpc) is 3.48. The molecule has 2 aromatic heterocycles. The minimum atomic E-state index is -0.356. The second-order valence-electron chi connectivity index (χ2n) is 7.13. The van der Waals surface area contributed by atoms with Crippen molar-refractivity contribution in [3.8, 4) is 11.6 Å². The predicted molar refractivity (Wildman–Crippen MR) is 97.8 cm³/mol. The van der Waals surface area contributed by atoms with Crippen molar-refractivity contribution in [2.75, 3.05) is 18.0 Å². The Balaban J connectivity index is 1.33. The molecule has 5 rings (SSSR count). The third kappa shape index (κ3) is 3.04. The van der Waals surface area contributed by atoms with E-state index in [0.717, 1.165) is 17.5 Å². The van der Waals surface area contributed by atoms with E-state index in [4.69, 9.17) is 0 Å². The van der Waals surface area contributed by atoms with E-state index in [-0.39, 0.29) is 11.9 Å². The Morgan fingerprint density at radius 3 is 2.30 bits per heavy atom. The lowest BCUT2D eigenvalue weighted by Gasteiger charge is -2.38. The van der Waals surface area contributed by atoms with E-state index in [2.05, 4.69) is 19.9 Å².